The summed E-state index contributed by atoms with van der Waals surface area (Å²) < 4.78 is 5.04. The van der Waals surface area contributed by atoms with Gasteiger partial charge in [-0.05, 0) is 6.92 Å². The Morgan fingerprint density at radius 3 is 3.12 bits per heavy atom. The van der Waals surface area contributed by atoms with Crippen LogP contribution in [0.4, 0.5) is 6.01 Å². The van der Waals surface area contributed by atoms with Crippen LogP contribution in [-0.2, 0) is 4.79 Å². The number of aromatic nitrogens is 1. The van der Waals surface area contributed by atoms with Crippen LogP contribution in [0, 0.1) is 0 Å². The van der Waals surface area contributed by atoms with Gasteiger partial charge in [0.25, 0.3) is 6.01 Å². The molecule has 1 atom stereocenters. The van der Waals surface area contributed by atoms with Crippen LogP contribution in [0.1, 0.15) is 17.4 Å². The summed E-state index contributed by atoms with van der Waals surface area (Å²) in [6, 6.07) is -0.242. The van der Waals surface area contributed by atoms with Crippen molar-refractivity contribution in [2.75, 3.05) is 18.0 Å². The predicted octanol–water partition coefficient (Wildman–Crippen LogP) is -0.303. The summed E-state index contributed by atoms with van der Waals surface area (Å²) in [5, 5.41) is 11.4. The number of nitrogens with one attached hydrogen (secondary N) is 1. The Labute approximate surface area is 91.1 Å². The summed E-state index contributed by atoms with van der Waals surface area (Å²) in [5.41, 5.74) is -0.159. The number of aromatic carboxylic acids is 1. The molecule has 2 rings (SSSR count). The number of carboxylic acids is 1. The molecule has 0 aliphatic carbocycles. The lowest BCUT2D eigenvalue weighted by atomic mass is 10.2. The predicted molar refractivity (Wildman–Crippen MR) is 53.3 cm³/mol. The molecule has 16 heavy (non-hydrogen) atoms. The van der Waals surface area contributed by atoms with Crippen molar-refractivity contribution in [1.29, 1.82) is 0 Å². The minimum atomic E-state index is -1.15. The van der Waals surface area contributed by atoms with E-state index in [1.165, 1.54) is 0 Å². The number of hydrogen-bond donors (Lipinski definition) is 2. The SMILES string of the molecule is CC1C(=O)NCCN1c1nc(C(=O)O)co1. The molecule has 0 aromatic carbocycles. The molecule has 1 aromatic rings. The van der Waals surface area contributed by atoms with Gasteiger partial charge >= 0.3 is 5.97 Å². The van der Waals surface area contributed by atoms with E-state index in [1.807, 2.05) is 0 Å². The molecular weight excluding hydrogens is 214 g/mol. The lowest BCUT2D eigenvalue weighted by Crippen LogP contribution is -2.54. The molecule has 7 heteroatoms. The molecule has 7 nitrogen and oxygen atoms in total. The molecule has 0 radical (unpaired) electrons. The standard InChI is InChI=1S/C9H11N3O4/c1-5-7(13)10-2-3-12(5)9-11-6(4-16-9)8(14)15/h4-5H,2-3H2,1H3,(H,10,13)(H,14,15). The summed E-state index contributed by atoms with van der Waals surface area (Å²) in [5.74, 6) is -1.27. The van der Waals surface area contributed by atoms with Crippen LogP contribution in [0.25, 0.3) is 0 Å². The van der Waals surface area contributed by atoms with Crippen molar-refractivity contribution < 1.29 is 19.1 Å². The van der Waals surface area contributed by atoms with Crippen LogP contribution >= 0.6 is 0 Å². The number of hydrogen-bond acceptors (Lipinski definition) is 5. The maximum absolute atomic E-state index is 11.4. The monoisotopic (exact) mass is 225 g/mol. The van der Waals surface area contributed by atoms with Gasteiger partial charge in [-0.25, -0.2) is 4.79 Å². The fourth-order valence-corrected chi connectivity index (χ4v) is 1.54. The van der Waals surface area contributed by atoms with Gasteiger partial charge in [-0.15, -0.1) is 0 Å². The van der Waals surface area contributed by atoms with Crippen LogP contribution < -0.4 is 10.2 Å². The molecule has 2 heterocycles. The third-order valence-corrected chi connectivity index (χ3v) is 2.46. The van der Waals surface area contributed by atoms with Gasteiger partial charge in [0.15, 0.2) is 5.69 Å². The summed E-state index contributed by atoms with van der Waals surface area (Å²) in [6.07, 6.45) is 1.07. The Balaban J connectivity index is 2.22. The first-order chi connectivity index (χ1) is 7.59. The van der Waals surface area contributed by atoms with Gasteiger partial charge in [-0.1, -0.05) is 0 Å². The number of rotatable bonds is 2. The molecule has 1 fully saturated rings. The number of nitrogens with zero attached hydrogens (tertiary/aromatic N) is 2. The quantitative estimate of drug-likeness (QED) is 0.717. The third kappa shape index (κ3) is 1.71. The minimum Gasteiger partial charge on any atom is -0.476 e. The molecule has 2 N–H and O–H groups in total. The van der Waals surface area contributed by atoms with Gasteiger partial charge in [-0.3, -0.25) is 4.79 Å². The molecule has 0 spiro atoms. The Kier molecular flexibility index (Phi) is 2.51. The van der Waals surface area contributed by atoms with E-state index in [0.29, 0.717) is 13.1 Å². The fourth-order valence-electron chi connectivity index (χ4n) is 1.54. The lowest BCUT2D eigenvalue weighted by molar-refractivity contribution is -0.123. The highest BCUT2D eigenvalue weighted by atomic mass is 16.4. The first kappa shape index (κ1) is 10.5. The van der Waals surface area contributed by atoms with Crippen molar-refractivity contribution in [2.24, 2.45) is 0 Å². The van der Waals surface area contributed by atoms with E-state index in [9.17, 15) is 9.59 Å². The Hall–Kier alpha value is -2.05. The van der Waals surface area contributed by atoms with Crippen LogP contribution in [0.3, 0.4) is 0 Å². The average molecular weight is 225 g/mol. The highest BCUT2D eigenvalue weighted by Crippen LogP contribution is 2.17. The zero-order valence-corrected chi connectivity index (χ0v) is 8.64. The number of carboxylic acid groups (broad SMARTS) is 1. The normalized spacial score (nSPS) is 20.7. The summed E-state index contributed by atoms with van der Waals surface area (Å²) >= 11 is 0. The second-order valence-corrected chi connectivity index (χ2v) is 3.48. The number of anilines is 1. The van der Waals surface area contributed by atoms with E-state index in [-0.39, 0.29) is 17.6 Å². The van der Waals surface area contributed by atoms with E-state index in [1.54, 1.807) is 11.8 Å². The fraction of sp³-hybridized carbons (Fsp3) is 0.444. The zero-order chi connectivity index (χ0) is 11.7. The summed E-state index contributed by atoms with van der Waals surface area (Å²) in [6.45, 7) is 2.75. The molecule has 1 aromatic heterocycles. The molecule has 86 valence electrons. The van der Waals surface area contributed by atoms with Crippen molar-refractivity contribution in [3.63, 3.8) is 0 Å². The number of oxazole rings is 1. The highest BCUT2D eigenvalue weighted by molar-refractivity contribution is 5.87. The molecule has 0 saturated carbocycles. The van der Waals surface area contributed by atoms with Crippen molar-refractivity contribution >= 4 is 17.9 Å². The molecular formula is C9H11N3O4. The maximum atomic E-state index is 11.4. The smallest absolute Gasteiger partial charge is 0.357 e. The largest absolute Gasteiger partial charge is 0.476 e. The van der Waals surface area contributed by atoms with Crippen LogP contribution in [-0.4, -0.2) is 41.1 Å². The Morgan fingerprint density at radius 2 is 2.50 bits per heavy atom. The van der Waals surface area contributed by atoms with Gasteiger partial charge in [-0.2, -0.15) is 4.98 Å². The Bertz CT molecular complexity index is 428. The van der Waals surface area contributed by atoms with Crippen molar-refractivity contribution in [3.8, 4) is 0 Å². The minimum absolute atomic E-state index is 0.124. The number of carbonyl (C=O) groups is 2. The number of carbonyl (C=O) groups excluding carboxylic acids is 1. The molecule has 1 aliphatic rings. The third-order valence-electron chi connectivity index (χ3n) is 2.46. The Morgan fingerprint density at radius 1 is 1.75 bits per heavy atom. The van der Waals surface area contributed by atoms with E-state index >= 15 is 0 Å². The summed E-state index contributed by atoms with van der Waals surface area (Å²) in [7, 11) is 0. The molecule has 1 saturated heterocycles. The van der Waals surface area contributed by atoms with E-state index < -0.39 is 12.0 Å². The number of amides is 1. The molecule has 1 amide bonds. The topological polar surface area (TPSA) is 95.7 Å². The van der Waals surface area contributed by atoms with Gasteiger partial charge in [0, 0.05) is 13.1 Å². The molecule has 1 unspecified atom stereocenters. The van der Waals surface area contributed by atoms with Crippen molar-refractivity contribution in [1.82, 2.24) is 10.3 Å². The lowest BCUT2D eigenvalue weighted by Gasteiger charge is -2.31. The van der Waals surface area contributed by atoms with Crippen molar-refractivity contribution in [3.05, 3.63) is 12.0 Å². The van der Waals surface area contributed by atoms with E-state index in [0.717, 1.165) is 6.26 Å². The first-order valence-corrected chi connectivity index (χ1v) is 4.83. The second-order valence-electron chi connectivity index (χ2n) is 3.48. The zero-order valence-electron chi connectivity index (χ0n) is 8.64. The van der Waals surface area contributed by atoms with E-state index in [4.69, 9.17) is 9.52 Å². The average Bonchev–Trinajstić information content (AvgIpc) is 2.71. The maximum Gasteiger partial charge on any atom is 0.357 e. The van der Waals surface area contributed by atoms with E-state index in [2.05, 4.69) is 10.3 Å². The van der Waals surface area contributed by atoms with Gasteiger partial charge < -0.3 is 19.7 Å². The second kappa shape index (κ2) is 3.84. The van der Waals surface area contributed by atoms with Crippen LogP contribution in [0.15, 0.2) is 10.7 Å². The first-order valence-electron chi connectivity index (χ1n) is 4.83. The van der Waals surface area contributed by atoms with Gasteiger partial charge in [0.2, 0.25) is 5.91 Å². The summed E-state index contributed by atoms with van der Waals surface area (Å²) in [4.78, 5) is 27.4. The highest BCUT2D eigenvalue weighted by Gasteiger charge is 2.29. The van der Waals surface area contributed by atoms with Crippen LogP contribution in [0.5, 0.6) is 0 Å². The molecule has 0 bridgehead atoms. The molecule has 1 aliphatic heterocycles. The van der Waals surface area contributed by atoms with Crippen LogP contribution in [0.2, 0.25) is 0 Å². The van der Waals surface area contributed by atoms with Crippen molar-refractivity contribution in [2.45, 2.75) is 13.0 Å². The van der Waals surface area contributed by atoms with Gasteiger partial charge in [0.1, 0.15) is 12.3 Å². The van der Waals surface area contributed by atoms with Gasteiger partial charge in [0.05, 0.1) is 0 Å². The number of piperazine rings is 1.